The smallest absolute Gasteiger partial charge is 0.173 e. The summed E-state index contributed by atoms with van der Waals surface area (Å²) in [4.78, 5) is 0. The number of hydrogen-bond donors (Lipinski definition) is 5. The molecule has 1 aliphatic rings. The van der Waals surface area contributed by atoms with E-state index in [1.165, 1.54) is 0 Å². The van der Waals surface area contributed by atoms with Crippen molar-refractivity contribution in [1.29, 1.82) is 0 Å². The van der Waals surface area contributed by atoms with Crippen LogP contribution in [0.2, 0.25) is 0 Å². The van der Waals surface area contributed by atoms with Crippen molar-refractivity contribution >= 4 is 11.8 Å². The summed E-state index contributed by atoms with van der Waals surface area (Å²) >= 11 is 1.10. The summed E-state index contributed by atoms with van der Waals surface area (Å²) in [5, 5.41) is 48.3. The summed E-state index contributed by atoms with van der Waals surface area (Å²) in [7, 11) is 0. The monoisotopic (exact) mass is 378 g/mol. The fraction of sp³-hybridized carbons (Fsp3) is 0.368. The van der Waals surface area contributed by atoms with Crippen molar-refractivity contribution in [2.45, 2.75) is 35.4 Å². The molecular formula is C19H22O6S. The molecule has 140 valence electrons. The van der Waals surface area contributed by atoms with Gasteiger partial charge in [-0.2, -0.15) is 0 Å². The Balaban J connectivity index is 1.78. The second-order valence-corrected chi connectivity index (χ2v) is 7.61. The van der Waals surface area contributed by atoms with Gasteiger partial charge in [0, 0.05) is 6.42 Å². The third kappa shape index (κ3) is 4.13. The maximum atomic E-state index is 10.2. The number of para-hydroxylation sites is 1. The third-order valence-corrected chi connectivity index (χ3v) is 5.82. The second-order valence-electron chi connectivity index (χ2n) is 6.27. The standard InChI is InChI=1S/C19H22O6S/c20-10-15-16(22)17(23)18(24)19(26-15)25-14-4-2-1-3-12(14)9-11-5-7-13(21)8-6-11/h1-8,15-24H,9-10H2/t15-,16+,17-,18+,19-/m0/s1. The van der Waals surface area contributed by atoms with Crippen LogP contribution < -0.4 is 4.74 Å². The molecule has 26 heavy (non-hydrogen) atoms. The number of aliphatic hydroxyl groups excluding tert-OH is 4. The Morgan fingerprint density at radius 3 is 2.27 bits per heavy atom. The molecule has 0 aromatic heterocycles. The van der Waals surface area contributed by atoms with Crippen molar-refractivity contribution in [3.8, 4) is 11.5 Å². The normalized spacial score (nSPS) is 28.7. The van der Waals surface area contributed by atoms with Gasteiger partial charge in [0.15, 0.2) is 5.44 Å². The van der Waals surface area contributed by atoms with Crippen molar-refractivity contribution < 1.29 is 30.3 Å². The summed E-state index contributed by atoms with van der Waals surface area (Å²) in [5.74, 6) is 0.750. The first-order chi connectivity index (χ1) is 12.5. The first kappa shape index (κ1) is 19.0. The van der Waals surface area contributed by atoms with E-state index >= 15 is 0 Å². The van der Waals surface area contributed by atoms with Crippen LogP contribution in [-0.4, -0.2) is 61.1 Å². The molecular weight excluding hydrogens is 356 g/mol. The Morgan fingerprint density at radius 1 is 0.885 bits per heavy atom. The van der Waals surface area contributed by atoms with Crippen molar-refractivity contribution in [1.82, 2.24) is 0 Å². The van der Waals surface area contributed by atoms with Gasteiger partial charge in [-0.15, -0.1) is 11.8 Å². The van der Waals surface area contributed by atoms with Gasteiger partial charge in [0.2, 0.25) is 0 Å². The Labute approximate surface area is 155 Å². The van der Waals surface area contributed by atoms with Crippen LogP contribution in [0, 0.1) is 0 Å². The largest absolute Gasteiger partial charge is 0.508 e. The highest BCUT2D eigenvalue weighted by Gasteiger charge is 2.44. The number of aliphatic hydroxyl groups is 4. The Bertz CT molecular complexity index is 720. The molecule has 7 heteroatoms. The number of thioether (sulfide) groups is 1. The lowest BCUT2D eigenvalue weighted by molar-refractivity contribution is -0.0910. The van der Waals surface area contributed by atoms with E-state index in [0.29, 0.717) is 12.2 Å². The molecule has 0 radical (unpaired) electrons. The maximum Gasteiger partial charge on any atom is 0.173 e. The van der Waals surface area contributed by atoms with E-state index < -0.39 is 29.0 Å². The molecule has 0 aliphatic carbocycles. The summed E-state index contributed by atoms with van der Waals surface area (Å²) in [5.41, 5.74) is 1.05. The van der Waals surface area contributed by atoms with Crippen molar-refractivity contribution in [2.75, 3.05) is 6.61 Å². The number of ether oxygens (including phenoxy) is 1. The van der Waals surface area contributed by atoms with Gasteiger partial charge < -0.3 is 30.3 Å². The van der Waals surface area contributed by atoms with Gasteiger partial charge in [0.1, 0.15) is 23.7 Å². The van der Waals surface area contributed by atoms with Crippen LogP contribution >= 0.6 is 11.8 Å². The highest BCUT2D eigenvalue weighted by atomic mass is 32.2. The molecule has 0 amide bonds. The van der Waals surface area contributed by atoms with Crippen LogP contribution in [0.25, 0.3) is 0 Å². The number of hydrogen-bond acceptors (Lipinski definition) is 7. The van der Waals surface area contributed by atoms with E-state index in [1.54, 1.807) is 18.2 Å². The lowest BCUT2D eigenvalue weighted by Crippen LogP contribution is -2.55. The molecule has 1 saturated heterocycles. The predicted octanol–water partition coefficient (Wildman–Crippen LogP) is 0.878. The molecule has 2 aromatic rings. The minimum atomic E-state index is -1.39. The van der Waals surface area contributed by atoms with Gasteiger partial charge in [-0.1, -0.05) is 30.3 Å². The molecule has 0 saturated carbocycles. The highest BCUT2D eigenvalue weighted by molar-refractivity contribution is 8.00. The molecule has 1 aliphatic heterocycles. The van der Waals surface area contributed by atoms with Crippen LogP contribution in [0.3, 0.4) is 0 Å². The van der Waals surface area contributed by atoms with Crippen molar-refractivity contribution in [3.63, 3.8) is 0 Å². The quantitative estimate of drug-likeness (QED) is 0.525. The van der Waals surface area contributed by atoms with Gasteiger partial charge in [0.05, 0.1) is 18.0 Å². The minimum Gasteiger partial charge on any atom is -0.508 e. The number of benzene rings is 2. The van der Waals surface area contributed by atoms with Gasteiger partial charge in [-0.25, -0.2) is 0 Å². The number of phenolic OH excluding ortho intramolecular Hbond substituents is 1. The van der Waals surface area contributed by atoms with Gasteiger partial charge in [-0.3, -0.25) is 0 Å². The lowest BCUT2D eigenvalue weighted by Gasteiger charge is -2.39. The second kappa shape index (κ2) is 8.28. The topological polar surface area (TPSA) is 110 Å². The fourth-order valence-electron chi connectivity index (χ4n) is 2.89. The Kier molecular flexibility index (Phi) is 6.05. The first-order valence-corrected chi connectivity index (χ1v) is 9.27. The molecule has 6 nitrogen and oxygen atoms in total. The minimum absolute atomic E-state index is 0.197. The van der Waals surface area contributed by atoms with E-state index in [2.05, 4.69) is 0 Å². The van der Waals surface area contributed by atoms with Gasteiger partial charge >= 0.3 is 0 Å². The zero-order valence-corrected chi connectivity index (χ0v) is 14.8. The Morgan fingerprint density at radius 2 is 1.58 bits per heavy atom. The third-order valence-electron chi connectivity index (χ3n) is 4.40. The molecule has 3 rings (SSSR count). The molecule has 1 fully saturated rings. The summed E-state index contributed by atoms with van der Waals surface area (Å²) in [6.45, 7) is -0.329. The van der Waals surface area contributed by atoms with Crippen LogP contribution in [0.5, 0.6) is 11.5 Å². The zero-order chi connectivity index (χ0) is 18.7. The van der Waals surface area contributed by atoms with Crippen molar-refractivity contribution in [2.24, 2.45) is 0 Å². The predicted molar refractivity (Wildman–Crippen MR) is 98.3 cm³/mol. The maximum absolute atomic E-state index is 10.2. The molecule has 2 aromatic carbocycles. The van der Waals surface area contributed by atoms with E-state index in [0.717, 1.165) is 22.9 Å². The molecule has 5 N–H and O–H groups in total. The van der Waals surface area contributed by atoms with E-state index in [1.807, 2.05) is 30.3 Å². The van der Waals surface area contributed by atoms with Crippen LogP contribution in [0.15, 0.2) is 48.5 Å². The number of aromatic hydroxyl groups is 1. The van der Waals surface area contributed by atoms with E-state index in [4.69, 9.17) is 4.74 Å². The van der Waals surface area contributed by atoms with Crippen LogP contribution in [0.1, 0.15) is 11.1 Å². The van der Waals surface area contributed by atoms with Crippen molar-refractivity contribution in [3.05, 3.63) is 59.7 Å². The lowest BCUT2D eigenvalue weighted by atomic mass is 10.0. The van der Waals surface area contributed by atoms with E-state index in [9.17, 15) is 25.5 Å². The summed E-state index contributed by atoms with van der Waals surface area (Å²) < 4.78 is 5.93. The first-order valence-electron chi connectivity index (χ1n) is 8.32. The van der Waals surface area contributed by atoms with Gasteiger partial charge in [0.25, 0.3) is 0 Å². The zero-order valence-electron chi connectivity index (χ0n) is 14.0. The van der Waals surface area contributed by atoms with Crippen LogP contribution in [-0.2, 0) is 6.42 Å². The number of phenols is 1. The molecule has 0 spiro atoms. The van der Waals surface area contributed by atoms with Gasteiger partial charge in [-0.05, 0) is 29.3 Å². The summed E-state index contributed by atoms with van der Waals surface area (Å²) in [6.07, 6.45) is -3.31. The fourth-order valence-corrected chi connectivity index (χ4v) is 4.12. The average molecular weight is 378 g/mol. The molecule has 0 unspecified atom stereocenters. The highest BCUT2D eigenvalue weighted by Crippen LogP contribution is 2.35. The van der Waals surface area contributed by atoms with Crippen LogP contribution in [0.4, 0.5) is 0 Å². The summed E-state index contributed by atoms with van der Waals surface area (Å²) in [6, 6.07) is 14.2. The van der Waals surface area contributed by atoms with E-state index in [-0.39, 0.29) is 12.4 Å². The molecule has 5 atom stereocenters. The Hall–Kier alpha value is -1.77. The molecule has 1 heterocycles. The number of rotatable bonds is 5. The SMILES string of the molecule is OC[C@@H]1S[C@H](Oc2ccccc2Cc2ccc(O)cc2)[C@H](O)[C@@H](O)[C@@H]1O. The molecule has 0 bridgehead atoms. The average Bonchev–Trinajstić information content (AvgIpc) is 2.65.